The van der Waals surface area contributed by atoms with Crippen molar-refractivity contribution in [3.8, 4) is 0 Å². The van der Waals surface area contributed by atoms with Gasteiger partial charge in [-0.1, -0.05) is 28.1 Å². The molecule has 0 atom stereocenters. The van der Waals surface area contributed by atoms with E-state index < -0.39 is 27.2 Å². The average Bonchev–Trinajstić information content (AvgIpc) is 2.38. The van der Waals surface area contributed by atoms with Gasteiger partial charge in [0.2, 0.25) is 0 Å². The monoisotopic (exact) mass is 356 g/mol. The zero-order chi connectivity index (χ0) is 14.8. The predicted molar refractivity (Wildman–Crippen MR) is 76.9 cm³/mol. The Kier molecular flexibility index (Phi) is 4.35. The lowest BCUT2D eigenvalue weighted by Crippen LogP contribution is -2.16. The van der Waals surface area contributed by atoms with E-state index in [1.54, 1.807) is 24.3 Å². The average molecular weight is 357 g/mol. The maximum atomic E-state index is 12.8. The molecule has 0 N–H and O–H groups in total. The summed E-state index contributed by atoms with van der Waals surface area (Å²) in [6.07, 6.45) is 0. The first-order valence-electron chi connectivity index (χ1n) is 5.65. The summed E-state index contributed by atoms with van der Waals surface area (Å²) >= 11 is 3.22. The summed E-state index contributed by atoms with van der Waals surface area (Å²) in [4.78, 5) is 11.9. The Bertz CT molecular complexity index is 739. The number of carbonyl (C=O) groups excluding carboxylic acids is 1. The second-order valence-corrected chi connectivity index (χ2v) is 7.05. The largest absolute Gasteiger partial charge is 0.293 e. The van der Waals surface area contributed by atoms with Crippen molar-refractivity contribution in [2.45, 2.75) is 4.90 Å². The van der Waals surface area contributed by atoms with Crippen molar-refractivity contribution >= 4 is 31.6 Å². The van der Waals surface area contributed by atoms with E-state index in [0.717, 1.165) is 24.3 Å². The normalized spacial score (nSPS) is 11.3. The summed E-state index contributed by atoms with van der Waals surface area (Å²) < 4.78 is 37.6. The molecule has 0 saturated carbocycles. The molecular weight excluding hydrogens is 347 g/mol. The van der Waals surface area contributed by atoms with E-state index in [4.69, 9.17) is 0 Å². The maximum Gasteiger partial charge on any atom is 0.185 e. The fourth-order valence-electron chi connectivity index (χ4n) is 1.64. The Hall–Kier alpha value is -1.53. The first-order chi connectivity index (χ1) is 9.38. The molecule has 0 heterocycles. The molecule has 0 saturated heterocycles. The van der Waals surface area contributed by atoms with Gasteiger partial charge in [0.25, 0.3) is 0 Å². The van der Waals surface area contributed by atoms with Crippen LogP contribution in [0.1, 0.15) is 10.4 Å². The molecule has 0 aliphatic carbocycles. The van der Waals surface area contributed by atoms with Crippen molar-refractivity contribution in [1.82, 2.24) is 0 Å². The van der Waals surface area contributed by atoms with Crippen molar-refractivity contribution in [1.29, 1.82) is 0 Å². The topological polar surface area (TPSA) is 51.2 Å². The molecule has 0 aliphatic heterocycles. The minimum absolute atomic E-state index is 0.0674. The molecule has 0 aromatic heterocycles. The second-order valence-electron chi connectivity index (χ2n) is 4.15. The highest BCUT2D eigenvalue weighted by Gasteiger charge is 2.20. The molecule has 104 valence electrons. The molecule has 0 bridgehead atoms. The molecule has 0 unspecified atom stereocenters. The molecule has 2 aromatic rings. The molecular formula is C14H10BrFO3S. The summed E-state index contributed by atoms with van der Waals surface area (Å²) in [6, 6.07) is 10.9. The van der Waals surface area contributed by atoms with E-state index in [2.05, 4.69) is 15.9 Å². The van der Waals surface area contributed by atoms with E-state index in [-0.39, 0.29) is 4.90 Å². The van der Waals surface area contributed by atoms with E-state index >= 15 is 0 Å². The zero-order valence-corrected chi connectivity index (χ0v) is 12.6. The van der Waals surface area contributed by atoms with Crippen LogP contribution in [0.15, 0.2) is 57.9 Å². The molecule has 2 aromatic carbocycles. The van der Waals surface area contributed by atoms with Gasteiger partial charge in [-0.25, -0.2) is 12.8 Å². The lowest BCUT2D eigenvalue weighted by molar-refractivity contribution is 0.102. The predicted octanol–water partition coefficient (Wildman–Crippen LogP) is 3.24. The van der Waals surface area contributed by atoms with Gasteiger partial charge in [-0.3, -0.25) is 4.79 Å². The highest BCUT2D eigenvalue weighted by molar-refractivity contribution is 9.10. The number of Topliss-reactive ketones (excluding diaryl/α,β-unsaturated/α-hetero) is 1. The van der Waals surface area contributed by atoms with E-state index in [1.165, 1.54) is 0 Å². The third-order valence-electron chi connectivity index (χ3n) is 2.64. The fraction of sp³-hybridized carbons (Fsp3) is 0.0714. The summed E-state index contributed by atoms with van der Waals surface area (Å²) in [5.74, 6) is -1.67. The Morgan fingerprint density at radius 2 is 1.75 bits per heavy atom. The van der Waals surface area contributed by atoms with Crippen LogP contribution >= 0.6 is 15.9 Å². The minimum Gasteiger partial charge on any atom is -0.293 e. The maximum absolute atomic E-state index is 12.8. The van der Waals surface area contributed by atoms with Gasteiger partial charge in [0.15, 0.2) is 15.6 Å². The molecule has 2 rings (SSSR count). The van der Waals surface area contributed by atoms with Crippen molar-refractivity contribution < 1.29 is 17.6 Å². The van der Waals surface area contributed by atoms with Crippen LogP contribution in [0.4, 0.5) is 4.39 Å². The van der Waals surface area contributed by atoms with E-state index in [1.807, 2.05) is 0 Å². The SMILES string of the molecule is O=C(CS(=O)(=O)c1ccc(F)cc1)c1cccc(Br)c1. The number of ketones is 1. The van der Waals surface area contributed by atoms with Gasteiger partial charge in [-0.2, -0.15) is 0 Å². The minimum atomic E-state index is -3.77. The van der Waals surface area contributed by atoms with Gasteiger partial charge >= 0.3 is 0 Å². The number of rotatable bonds is 4. The third kappa shape index (κ3) is 3.52. The van der Waals surface area contributed by atoms with Crippen LogP contribution in [-0.4, -0.2) is 20.0 Å². The van der Waals surface area contributed by atoms with Gasteiger partial charge in [0.05, 0.1) is 4.90 Å². The van der Waals surface area contributed by atoms with Gasteiger partial charge in [-0.15, -0.1) is 0 Å². The first kappa shape index (κ1) is 14.9. The summed E-state index contributed by atoms with van der Waals surface area (Å²) in [7, 11) is -3.77. The van der Waals surface area contributed by atoms with Gasteiger partial charge in [0, 0.05) is 10.0 Å². The Morgan fingerprint density at radius 1 is 1.10 bits per heavy atom. The van der Waals surface area contributed by atoms with Crippen LogP contribution in [0.5, 0.6) is 0 Å². The van der Waals surface area contributed by atoms with E-state index in [9.17, 15) is 17.6 Å². The number of hydrogen-bond donors (Lipinski definition) is 0. The fourth-order valence-corrected chi connectivity index (χ4v) is 3.27. The van der Waals surface area contributed by atoms with Gasteiger partial charge in [0.1, 0.15) is 11.6 Å². The molecule has 6 heteroatoms. The molecule has 0 radical (unpaired) electrons. The third-order valence-corrected chi connectivity index (χ3v) is 4.77. The Morgan fingerprint density at radius 3 is 2.35 bits per heavy atom. The molecule has 20 heavy (non-hydrogen) atoms. The van der Waals surface area contributed by atoms with Gasteiger partial charge in [-0.05, 0) is 36.4 Å². The molecule has 0 spiro atoms. The van der Waals surface area contributed by atoms with Crippen LogP contribution in [0.3, 0.4) is 0 Å². The summed E-state index contributed by atoms with van der Waals surface area (Å²) in [6.45, 7) is 0. The number of hydrogen-bond acceptors (Lipinski definition) is 3. The smallest absolute Gasteiger partial charge is 0.185 e. The van der Waals surface area contributed by atoms with Crippen molar-refractivity contribution in [3.05, 3.63) is 64.4 Å². The van der Waals surface area contributed by atoms with Crippen LogP contribution < -0.4 is 0 Å². The van der Waals surface area contributed by atoms with Crippen LogP contribution in [0.2, 0.25) is 0 Å². The lowest BCUT2D eigenvalue weighted by atomic mass is 10.2. The second kappa shape index (κ2) is 5.85. The van der Waals surface area contributed by atoms with Crippen LogP contribution in [0, 0.1) is 5.82 Å². The Labute approximate surface area is 124 Å². The van der Waals surface area contributed by atoms with Gasteiger partial charge < -0.3 is 0 Å². The molecule has 0 amide bonds. The number of benzene rings is 2. The van der Waals surface area contributed by atoms with Crippen molar-refractivity contribution in [2.24, 2.45) is 0 Å². The summed E-state index contributed by atoms with van der Waals surface area (Å²) in [5.41, 5.74) is 0.310. The van der Waals surface area contributed by atoms with Crippen LogP contribution in [0.25, 0.3) is 0 Å². The van der Waals surface area contributed by atoms with Crippen molar-refractivity contribution in [2.75, 3.05) is 5.75 Å². The zero-order valence-electron chi connectivity index (χ0n) is 10.2. The van der Waals surface area contributed by atoms with Crippen LogP contribution in [-0.2, 0) is 9.84 Å². The van der Waals surface area contributed by atoms with Crippen molar-refractivity contribution in [3.63, 3.8) is 0 Å². The molecule has 3 nitrogen and oxygen atoms in total. The van der Waals surface area contributed by atoms with E-state index in [0.29, 0.717) is 10.0 Å². The first-order valence-corrected chi connectivity index (χ1v) is 8.10. The highest BCUT2D eigenvalue weighted by atomic mass is 79.9. The lowest BCUT2D eigenvalue weighted by Gasteiger charge is -2.04. The number of carbonyl (C=O) groups is 1. The quantitative estimate of drug-likeness (QED) is 0.624. The molecule has 0 aliphatic rings. The summed E-state index contributed by atoms with van der Waals surface area (Å²) in [5, 5.41) is 0. The molecule has 0 fully saturated rings. The number of halogens is 2. The Balaban J connectivity index is 2.24. The number of sulfone groups is 1. The highest BCUT2D eigenvalue weighted by Crippen LogP contribution is 2.16. The standard InChI is InChI=1S/C14H10BrFO3S/c15-11-3-1-2-10(8-11)14(17)9-20(18,19)13-6-4-12(16)5-7-13/h1-8H,9H2.